The molecule has 0 heterocycles. The van der Waals surface area contributed by atoms with Crippen molar-refractivity contribution >= 4 is 31.9 Å². The van der Waals surface area contributed by atoms with Gasteiger partial charge >= 0.3 is 0 Å². The van der Waals surface area contributed by atoms with Crippen molar-refractivity contribution in [3.05, 3.63) is 69.4 Å². The normalized spacial score (nSPS) is 12.5. The molecule has 0 nitrogen and oxygen atoms in total. The summed E-state index contributed by atoms with van der Waals surface area (Å²) < 4.78 is 40.8. The van der Waals surface area contributed by atoms with Gasteiger partial charge in [-0.15, -0.1) is 0 Å². The molecule has 0 amide bonds. The van der Waals surface area contributed by atoms with Crippen molar-refractivity contribution in [3.8, 4) is 0 Å². The Morgan fingerprint density at radius 2 is 1.42 bits per heavy atom. The summed E-state index contributed by atoms with van der Waals surface area (Å²) in [6, 6.07) is 8.30. The maximum absolute atomic E-state index is 13.6. The molecule has 0 fully saturated rings. The van der Waals surface area contributed by atoms with E-state index in [1.807, 2.05) is 0 Å². The molecule has 0 saturated carbocycles. The predicted molar refractivity (Wildman–Crippen MR) is 75.8 cm³/mol. The highest BCUT2D eigenvalue weighted by Crippen LogP contribution is 2.34. The molecule has 0 saturated heterocycles. The summed E-state index contributed by atoms with van der Waals surface area (Å²) >= 11 is 6.48. The molecule has 0 aliphatic carbocycles. The second-order valence-corrected chi connectivity index (χ2v) is 5.91. The number of alkyl halides is 1. The zero-order valence-corrected chi connectivity index (χ0v) is 12.8. The summed E-state index contributed by atoms with van der Waals surface area (Å²) in [5.74, 6) is -1.61. The van der Waals surface area contributed by atoms with E-state index in [1.165, 1.54) is 24.3 Å². The molecule has 0 aliphatic rings. The molecule has 0 aliphatic heterocycles. The van der Waals surface area contributed by atoms with Gasteiger partial charge in [-0.2, -0.15) is 0 Å². The first-order chi connectivity index (χ1) is 9.00. The largest absolute Gasteiger partial charge is 0.207 e. The summed E-state index contributed by atoms with van der Waals surface area (Å²) in [5, 5.41) is 0. The first-order valence-corrected chi connectivity index (χ1v) is 7.22. The van der Waals surface area contributed by atoms with Crippen LogP contribution < -0.4 is 0 Å². The van der Waals surface area contributed by atoms with Gasteiger partial charge in [0, 0.05) is 10.4 Å². The van der Waals surface area contributed by atoms with Gasteiger partial charge in [0.05, 0.1) is 4.47 Å². The van der Waals surface area contributed by atoms with E-state index in [0.717, 1.165) is 0 Å². The molecule has 0 aromatic heterocycles. The minimum atomic E-state index is -0.600. The van der Waals surface area contributed by atoms with Crippen LogP contribution in [0.1, 0.15) is 16.0 Å². The van der Waals surface area contributed by atoms with E-state index in [9.17, 15) is 13.2 Å². The van der Waals surface area contributed by atoms with Crippen LogP contribution in [-0.2, 0) is 6.42 Å². The third kappa shape index (κ3) is 3.20. The molecule has 1 atom stereocenters. The fraction of sp³-hybridized carbons (Fsp3) is 0.143. The van der Waals surface area contributed by atoms with Crippen LogP contribution in [0.25, 0.3) is 0 Å². The van der Waals surface area contributed by atoms with E-state index in [1.54, 1.807) is 12.1 Å². The van der Waals surface area contributed by atoms with Crippen LogP contribution >= 0.6 is 31.9 Å². The number of hydrogen-bond acceptors (Lipinski definition) is 0. The molecule has 0 radical (unpaired) electrons. The van der Waals surface area contributed by atoms with E-state index >= 15 is 0 Å². The van der Waals surface area contributed by atoms with E-state index in [2.05, 4.69) is 31.9 Å². The van der Waals surface area contributed by atoms with Crippen LogP contribution in [0, 0.1) is 17.5 Å². The minimum absolute atomic E-state index is 0.0134. The van der Waals surface area contributed by atoms with Gasteiger partial charge in [0.2, 0.25) is 0 Å². The predicted octanol–water partition coefficient (Wildman–Crippen LogP) is 5.55. The Bertz CT molecular complexity index is 579. The lowest BCUT2D eigenvalue weighted by Crippen LogP contribution is -2.02. The molecule has 0 spiro atoms. The standard InChI is InChI=1S/C14H9Br2F3/c15-10(8-3-1-6-13(19)14(8)16)7-9-11(17)4-2-5-12(9)18/h1-6,10H,7H2. The van der Waals surface area contributed by atoms with Crippen molar-refractivity contribution in [1.82, 2.24) is 0 Å². The third-order valence-corrected chi connectivity index (χ3v) is 4.42. The van der Waals surface area contributed by atoms with Gasteiger partial charge < -0.3 is 0 Å². The smallest absolute Gasteiger partial charge is 0.137 e. The Balaban J connectivity index is 2.31. The van der Waals surface area contributed by atoms with E-state index in [4.69, 9.17) is 0 Å². The summed E-state index contributed by atoms with van der Waals surface area (Å²) in [6.45, 7) is 0. The molecule has 100 valence electrons. The molecule has 2 aromatic carbocycles. The monoisotopic (exact) mass is 392 g/mol. The van der Waals surface area contributed by atoms with Gasteiger partial charge in [-0.1, -0.05) is 34.1 Å². The lowest BCUT2D eigenvalue weighted by Gasteiger charge is -2.13. The highest BCUT2D eigenvalue weighted by molar-refractivity contribution is 9.11. The van der Waals surface area contributed by atoms with Crippen molar-refractivity contribution in [1.29, 1.82) is 0 Å². The van der Waals surface area contributed by atoms with Crippen molar-refractivity contribution in [2.45, 2.75) is 11.2 Å². The molecule has 2 aromatic rings. The summed E-state index contributed by atoms with van der Waals surface area (Å²) in [5.41, 5.74) is 0.600. The Hall–Kier alpha value is -0.810. The Morgan fingerprint density at radius 1 is 0.895 bits per heavy atom. The second-order valence-electron chi connectivity index (χ2n) is 4.01. The van der Waals surface area contributed by atoms with Crippen molar-refractivity contribution in [2.75, 3.05) is 0 Å². The van der Waals surface area contributed by atoms with Crippen LogP contribution in [-0.4, -0.2) is 0 Å². The van der Waals surface area contributed by atoms with Gasteiger partial charge in [-0.05, 0) is 46.1 Å². The van der Waals surface area contributed by atoms with Gasteiger partial charge in [0.1, 0.15) is 17.5 Å². The number of halogens is 5. The van der Waals surface area contributed by atoms with E-state index in [0.29, 0.717) is 10.0 Å². The molecule has 0 bridgehead atoms. The summed E-state index contributed by atoms with van der Waals surface area (Å²) in [6.07, 6.45) is 0.0978. The number of rotatable bonds is 3. The topological polar surface area (TPSA) is 0 Å². The molecular weight excluding hydrogens is 385 g/mol. The number of benzene rings is 2. The lowest BCUT2D eigenvalue weighted by molar-refractivity contribution is 0.553. The van der Waals surface area contributed by atoms with Crippen molar-refractivity contribution < 1.29 is 13.2 Å². The average Bonchev–Trinajstić information content (AvgIpc) is 2.37. The quantitative estimate of drug-likeness (QED) is 0.600. The zero-order chi connectivity index (χ0) is 14.0. The third-order valence-electron chi connectivity index (χ3n) is 2.76. The SMILES string of the molecule is Fc1cccc(C(Br)Cc2c(F)cccc2F)c1Br. The highest BCUT2D eigenvalue weighted by atomic mass is 79.9. The van der Waals surface area contributed by atoms with Crippen LogP contribution in [0.5, 0.6) is 0 Å². The first kappa shape index (κ1) is 14.6. The van der Waals surface area contributed by atoms with Gasteiger partial charge in [0.15, 0.2) is 0 Å². The Kier molecular flexibility index (Phi) is 4.68. The van der Waals surface area contributed by atoms with Gasteiger partial charge in [0.25, 0.3) is 0 Å². The maximum Gasteiger partial charge on any atom is 0.137 e. The van der Waals surface area contributed by atoms with Crippen LogP contribution in [0.15, 0.2) is 40.9 Å². The van der Waals surface area contributed by atoms with Crippen LogP contribution in [0.4, 0.5) is 13.2 Å². The van der Waals surface area contributed by atoms with Crippen molar-refractivity contribution in [2.24, 2.45) is 0 Å². The zero-order valence-electron chi connectivity index (χ0n) is 9.64. The van der Waals surface area contributed by atoms with E-state index < -0.39 is 17.5 Å². The fourth-order valence-corrected chi connectivity index (χ4v) is 3.33. The first-order valence-electron chi connectivity index (χ1n) is 5.51. The summed E-state index contributed by atoms with van der Waals surface area (Å²) in [7, 11) is 0. The van der Waals surface area contributed by atoms with E-state index in [-0.39, 0.29) is 16.8 Å². The maximum atomic E-state index is 13.6. The van der Waals surface area contributed by atoms with Gasteiger partial charge in [-0.25, -0.2) is 13.2 Å². The molecular formula is C14H9Br2F3. The van der Waals surface area contributed by atoms with Crippen LogP contribution in [0.2, 0.25) is 0 Å². The molecule has 19 heavy (non-hydrogen) atoms. The minimum Gasteiger partial charge on any atom is -0.207 e. The van der Waals surface area contributed by atoms with Crippen LogP contribution in [0.3, 0.4) is 0 Å². The Morgan fingerprint density at radius 3 is 2.05 bits per heavy atom. The Labute approximate surface area is 125 Å². The molecule has 2 rings (SSSR count). The highest BCUT2D eigenvalue weighted by Gasteiger charge is 2.18. The molecule has 5 heteroatoms. The fourth-order valence-electron chi connectivity index (χ4n) is 1.78. The molecule has 0 N–H and O–H groups in total. The van der Waals surface area contributed by atoms with Crippen molar-refractivity contribution in [3.63, 3.8) is 0 Å². The lowest BCUT2D eigenvalue weighted by atomic mass is 10.0. The second kappa shape index (κ2) is 6.09. The summed E-state index contributed by atoms with van der Waals surface area (Å²) in [4.78, 5) is -0.385. The molecule has 1 unspecified atom stereocenters. The van der Waals surface area contributed by atoms with Gasteiger partial charge in [-0.3, -0.25) is 0 Å². The average molecular weight is 394 g/mol. The number of hydrogen-bond donors (Lipinski definition) is 0.